The van der Waals surface area contributed by atoms with Crippen LogP contribution in [0.1, 0.15) is 25.5 Å². The number of halogens is 1. The van der Waals surface area contributed by atoms with E-state index in [1.54, 1.807) is 18.0 Å². The summed E-state index contributed by atoms with van der Waals surface area (Å²) in [5, 5.41) is 2.77. The Hall–Kier alpha value is -1.43. The number of aromatic nitrogens is 1. The largest absolute Gasteiger partial charge is 0.343 e. The van der Waals surface area contributed by atoms with E-state index in [9.17, 15) is 9.59 Å². The van der Waals surface area contributed by atoms with Gasteiger partial charge in [-0.25, -0.2) is 0 Å². The molecule has 5 nitrogen and oxygen atoms in total. The SMILES string of the molecule is CC1NC(=O)C(C2CC2)N(Cc2ccc(Br)cn2)C1=O. The van der Waals surface area contributed by atoms with E-state index in [0.717, 1.165) is 23.0 Å². The first kappa shape index (κ1) is 13.5. The van der Waals surface area contributed by atoms with E-state index in [4.69, 9.17) is 0 Å². The van der Waals surface area contributed by atoms with E-state index in [0.29, 0.717) is 12.5 Å². The zero-order valence-corrected chi connectivity index (χ0v) is 12.8. The highest BCUT2D eigenvalue weighted by molar-refractivity contribution is 9.10. The Morgan fingerprint density at radius 2 is 2.15 bits per heavy atom. The topological polar surface area (TPSA) is 62.3 Å². The quantitative estimate of drug-likeness (QED) is 0.908. The van der Waals surface area contributed by atoms with Crippen LogP contribution in [0.5, 0.6) is 0 Å². The first-order chi connectivity index (χ1) is 9.56. The van der Waals surface area contributed by atoms with Crippen LogP contribution in [-0.2, 0) is 16.1 Å². The van der Waals surface area contributed by atoms with Crippen molar-refractivity contribution in [3.63, 3.8) is 0 Å². The molecular formula is C14H16BrN3O2. The van der Waals surface area contributed by atoms with E-state index >= 15 is 0 Å². The van der Waals surface area contributed by atoms with Gasteiger partial charge in [-0.1, -0.05) is 0 Å². The van der Waals surface area contributed by atoms with Crippen molar-refractivity contribution < 1.29 is 9.59 Å². The van der Waals surface area contributed by atoms with Gasteiger partial charge >= 0.3 is 0 Å². The van der Waals surface area contributed by atoms with Gasteiger partial charge in [0.15, 0.2) is 0 Å². The highest BCUT2D eigenvalue weighted by atomic mass is 79.9. The Bertz CT molecular complexity index is 542. The van der Waals surface area contributed by atoms with Gasteiger partial charge in [0.25, 0.3) is 0 Å². The molecule has 2 heterocycles. The maximum absolute atomic E-state index is 12.4. The van der Waals surface area contributed by atoms with E-state index in [-0.39, 0.29) is 17.9 Å². The number of carbonyl (C=O) groups excluding carboxylic acids is 2. The molecule has 3 rings (SSSR count). The van der Waals surface area contributed by atoms with Gasteiger partial charge in [0, 0.05) is 10.7 Å². The van der Waals surface area contributed by atoms with Crippen LogP contribution in [0, 0.1) is 5.92 Å². The van der Waals surface area contributed by atoms with Gasteiger partial charge in [0.2, 0.25) is 11.8 Å². The molecule has 1 saturated carbocycles. The fourth-order valence-electron chi connectivity index (χ4n) is 2.62. The molecule has 1 aromatic rings. The molecule has 0 bridgehead atoms. The number of nitrogens with zero attached hydrogens (tertiary/aromatic N) is 2. The Morgan fingerprint density at radius 1 is 1.40 bits per heavy atom. The second-order valence-electron chi connectivity index (χ2n) is 5.45. The van der Waals surface area contributed by atoms with Gasteiger partial charge in [-0.05, 0) is 53.7 Å². The van der Waals surface area contributed by atoms with E-state index in [2.05, 4.69) is 26.2 Å². The average molecular weight is 338 g/mol. The van der Waals surface area contributed by atoms with Crippen LogP contribution < -0.4 is 5.32 Å². The number of piperazine rings is 1. The fraction of sp³-hybridized carbons (Fsp3) is 0.500. The first-order valence-corrected chi connectivity index (χ1v) is 7.57. The number of carbonyl (C=O) groups is 2. The average Bonchev–Trinajstić information content (AvgIpc) is 3.22. The highest BCUT2D eigenvalue weighted by Gasteiger charge is 2.46. The lowest BCUT2D eigenvalue weighted by Crippen LogP contribution is -2.62. The van der Waals surface area contributed by atoms with Crippen LogP contribution in [0.15, 0.2) is 22.8 Å². The van der Waals surface area contributed by atoms with Gasteiger partial charge in [-0.3, -0.25) is 14.6 Å². The third kappa shape index (κ3) is 2.57. The number of rotatable bonds is 3. The summed E-state index contributed by atoms with van der Waals surface area (Å²) >= 11 is 3.34. The Labute approximate surface area is 125 Å². The fourth-order valence-corrected chi connectivity index (χ4v) is 2.85. The number of hydrogen-bond donors (Lipinski definition) is 1. The lowest BCUT2D eigenvalue weighted by Gasteiger charge is -2.38. The zero-order chi connectivity index (χ0) is 14.3. The summed E-state index contributed by atoms with van der Waals surface area (Å²) in [5.41, 5.74) is 0.800. The van der Waals surface area contributed by atoms with Crippen molar-refractivity contribution in [1.82, 2.24) is 15.2 Å². The van der Waals surface area contributed by atoms with Gasteiger partial charge in [0.05, 0.1) is 12.2 Å². The normalized spacial score (nSPS) is 26.6. The minimum Gasteiger partial charge on any atom is -0.343 e. The van der Waals surface area contributed by atoms with Crippen molar-refractivity contribution in [3.8, 4) is 0 Å². The maximum atomic E-state index is 12.4. The van der Waals surface area contributed by atoms with Crippen molar-refractivity contribution >= 4 is 27.7 Å². The predicted molar refractivity (Wildman–Crippen MR) is 76.6 cm³/mol. The molecule has 1 aliphatic heterocycles. The van der Waals surface area contributed by atoms with Crippen LogP contribution in [-0.4, -0.2) is 33.8 Å². The van der Waals surface area contributed by atoms with E-state index < -0.39 is 6.04 Å². The molecule has 1 aliphatic carbocycles. The first-order valence-electron chi connectivity index (χ1n) is 6.77. The molecule has 0 aromatic carbocycles. The van der Waals surface area contributed by atoms with Crippen LogP contribution in [0.3, 0.4) is 0 Å². The molecule has 2 unspecified atom stereocenters. The van der Waals surface area contributed by atoms with Crippen molar-refractivity contribution in [2.24, 2.45) is 5.92 Å². The van der Waals surface area contributed by atoms with Crippen LogP contribution in [0.2, 0.25) is 0 Å². The summed E-state index contributed by atoms with van der Waals surface area (Å²) in [6, 6.07) is 2.99. The van der Waals surface area contributed by atoms with Gasteiger partial charge in [-0.2, -0.15) is 0 Å². The van der Waals surface area contributed by atoms with Crippen molar-refractivity contribution in [1.29, 1.82) is 0 Å². The minimum atomic E-state index is -0.451. The smallest absolute Gasteiger partial charge is 0.245 e. The van der Waals surface area contributed by atoms with Crippen molar-refractivity contribution in [3.05, 3.63) is 28.5 Å². The van der Waals surface area contributed by atoms with Gasteiger partial charge in [0.1, 0.15) is 12.1 Å². The second-order valence-corrected chi connectivity index (χ2v) is 6.36. The number of nitrogens with one attached hydrogen (secondary N) is 1. The lowest BCUT2D eigenvalue weighted by molar-refractivity contribution is -0.150. The number of amides is 2. The molecule has 20 heavy (non-hydrogen) atoms. The number of pyridine rings is 1. The molecule has 2 fully saturated rings. The van der Waals surface area contributed by atoms with Crippen molar-refractivity contribution in [2.45, 2.75) is 38.4 Å². The Morgan fingerprint density at radius 3 is 2.75 bits per heavy atom. The molecule has 2 amide bonds. The molecule has 1 N–H and O–H groups in total. The second kappa shape index (κ2) is 5.16. The molecule has 1 aromatic heterocycles. The Balaban J connectivity index is 1.84. The van der Waals surface area contributed by atoms with Crippen LogP contribution >= 0.6 is 15.9 Å². The standard InChI is InChI=1S/C14H16BrN3O2/c1-8-14(20)18(7-11-5-4-10(15)6-16-11)12(9-2-3-9)13(19)17-8/h4-6,8-9,12H,2-3,7H2,1H3,(H,17,19). The van der Waals surface area contributed by atoms with E-state index in [1.807, 2.05) is 12.1 Å². The molecular weight excluding hydrogens is 322 g/mol. The van der Waals surface area contributed by atoms with E-state index in [1.165, 1.54) is 0 Å². The molecule has 2 aliphatic rings. The maximum Gasteiger partial charge on any atom is 0.245 e. The Kier molecular flexibility index (Phi) is 3.50. The van der Waals surface area contributed by atoms with Crippen molar-refractivity contribution in [2.75, 3.05) is 0 Å². The molecule has 0 spiro atoms. The molecule has 6 heteroatoms. The molecule has 1 saturated heterocycles. The minimum absolute atomic E-state index is 0.0220. The molecule has 0 radical (unpaired) electrons. The molecule has 2 atom stereocenters. The van der Waals surface area contributed by atoms with Gasteiger partial charge in [-0.15, -0.1) is 0 Å². The zero-order valence-electron chi connectivity index (χ0n) is 11.2. The number of hydrogen-bond acceptors (Lipinski definition) is 3. The summed E-state index contributed by atoms with van der Waals surface area (Å²) in [6.07, 6.45) is 3.74. The van der Waals surface area contributed by atoms with Crippen LogP contribution in [0.25, 0.3) is 0 Å². The third-order valence-electron chi connectivity index (χ3n) is 3.81. The third-order valence-corrected chi connectivity index (χ3v) is 4.28. The van der Waals surface area contributed by atoms with Crippen LogP contribution in [0.4, 0.5) is 0 Å². The summed E-state index contributed by atoms with van der Waals surface area (Å²) in [7, 11) is 0. The summed E-state index contributed by atoms with van der Waals surface area (Å²) in [6.45, 7) is 2.12. The molecule has 106 valence electrons. The lowest BCUT2D eigenvalue weighted by atomic mass is 10.0. The summed E-state index contributed by atoms with van der Waals surface area (Å²) in [5.74, 6) is 0.254. The highest BCUT2D eigenvalue weighted by Crippen LogP contribution is 2.37. The predicted octanol–water partition coefficient (Wildman–Crippen LogP) is 1.47. The summed E-state index contributed by atoms with van der Waals surface area (Å²) < 4.78 is 0.899. The summed E-state index contributed by atoms with van der Waals surface area (Å²) in [4.78, 5) is 30.5. The monoisotopic (exact) mass is 337 g/mol. The van der Waals surface area contributed by atoms with Gasteiger partial charge < -0.3 is 10.2 Å².